The van der Waals surface area contributed by atoms with E-state index in [1.807, 2.05) is 43.0 Å². The second-order valence-corrected chi connectivity index (χ2v) is 4.54. The van der Waals surface area contributed by atoms with Crippen molar-refractivity contribution in [1.82, 2.24) is 15.2 Å². The largest absolute Gasteiger partial charge is 0.496 e. The Kier molecular flexibility index (Phi) is 4.19. The van der Waals surface area contributed by atoms with Crippen LogP contribution < -0.4 is 16.0 Å². The van der Waals surface area contributed by atoms with Crippen molar-refractivity contribution in [2.45, 2.75) is 19.4 Å². The van der Waals surface area contributed by atoms with Crippen LogP contribution in [0.2, 0.25) is 0 Å². The Labute approximate surface area is 113 Å². The summed E-state index contributed by atoms with van der Waals surface area (Å²) in [5, 5.41) is 4.26. The zero-order chi connectivity index (χ0) is 13.8. The number of hydrazine groups is 1. The highest BCUT2D eigenvalue weighted by atomic mass is 16.5. The average Bonchev–Trinajstić information content (AvgIpc) is 2.77. The van der Waals surface area contributed by atoms with Gasteiger partial charge in [0.2, 0.25) is 0 Å². The fraction of sp³-hybridized carbons (Fsp3) is 0.357. The Bertz CT molecular complexity index is 550. The number of nitrogens with zero attached hydrogens (tertiary/aromatic N) is 2. The summed E-state index contributed by atoms with van der Waals surface area (Å²) in [5.74, 6) is 6.57. The lowest BCUT2D eigenvalue weighted by atomic mass is 9.99. The van der Waals surface area contributed by atoms with Crippen molar-refractivity contribution in [3.8, 4) is 5.75 Å². The van der Waals surface area contributed by atoms with Crippen LogP contribution in [0.15, 0.2) is 30.5 Å². The van der Waals surface area contributed by atoms with Crippen molar-refractivity contribution in [2.24, 2.45) is 12.9 Å². The molecule has 0 aliphatic carbocycles. The number of para-hydroxylation sites is 1. The molecule has 0 saturated heterocycles. The number of hydrogen-bond acceptors (Lipinski definition) is 4. The van der Waals surface area contributed by atoms with Gasteiger partial charge in [-0.3, -0.25) is 16.0 Å². The van der Waals surface area contributed by atoms with E-state index >= 15 is 0 Å². The summed E-state index contributed by atoms with van der Waals surface area (Å²) in [6.45, 7) is 2.04. The van der Waals surface area contributed by atoms with Crippen LogP contribution >= 0.6 is 0 Å². The summed E-state index contributed by atoms with van der Waals surface area (Å²) in [5.41, 5.74) is 6.20. The predicted octanol–water partition coefficient (Wildman–Crippen LogP) is 1.48. The second kappa shape index (κ2) is 5.86. The summed E-state index contributed by atoms with van der Waals surface area (Å²) in [7, 11) is 3.61. The van der Waals surface area contributed by atoms with Crippen molar-refractivity contribution in [3.05, 3.63) is 47.3 Å². The zero-order valence-electron chi connectivity index (χ0n) is 11.6. The molecule has 5 heteroatoms. The summed E-state index contributed by atoms with van der Waals surface area (Å²) in [6, 6.07) is 7.99. The molecule has 1 unspecified atom stereocenters. The molecule has 1 heterocycles. The van der Waals surface area contributed by atoms with Crippen LogP contribution in [0.1, 0.15) is 22.9 Å². The third-order valence-corrected chi connectivity index (χ3v) is 3.47. The summed E-state index contributed by atoms with van der Waals surface area (Å²) in [4.78, 5) is 0. The van der Waals surface area contributed by atoms with E-state index in [0.717, 1.165) is 29.0 Å². The van der Waals surface area contributed by atoms with Crippen LogP contribution in [0.4, 0.5) is 0 Å². The molecule has 2 rings (SSSR count). The third kappa shape index (κ3) is 2.77. The van der Waals surface area contributed by atoms with Gasteiger partial charge in [0.1, 0.15) is 5.75 Å². The molecule has 0 bridgehead atoms. The van der Waals surface area contributed by atoms with Crippen molar-refractivity contribution >= 4 is 0 Å². The summed E-state index contributed by atoms with van der Waals surface area (Å²) < 4.78 is 7.22. The van der Waals surface area contributed by atoms with Gasteiger partial charge in [0, 0.05) is 18.3 Å². The van der Waals surface area contributed by atoms with E-state index in [4.69, 9.17) is 10.6 Å². The number of aromatic nitrogens is 2. The minimum absolute atomic E-state index is 0.0185. The fourth-order valence-corrected chi connectivity index (χ4v) is 2.21. The SMILES string of the molecule is COc1ccccc1CC(NN)c1cnn(C)c1C. The first-order valence-electron chi connectivity index (χ1n) is 6.24. The molecule has 0 amide bonds. The lowest BCUT2D eigenvalue weighted by molar-refractivity contribution is 0.405. The van der Waals surface area contributed by atoms with Gasteiger partial charge in [0.15, 0.2) is 0 Å². The molecule has 1 aromatic heterocycles. The van der Waals surface area contributed by atoms with E-state index in [0.29, 0.717) is 0 Å². The van der Waals surface area contributed by atoms with Crippen LogP contribution in [-0.2, 0) is 13.5 Å². The molecule has 0 saturated carbocycles. The monoisotopic (exact) mass is 260 g/mol. The minimum Gasteiger partial charge on any atom is -0.496 e. The Morgan fingerprint density at radius 3 is 2.74 bits per heavy atom. The number of hydrogen-bond donors (Lipinski definition) is 2. The lowest BCUT2D eigenvalue weighted by Gasteiger charge is -2.17. The first-order valence-corrected chi connectivity index (χ1v) is 6.24. The first-order chi connectivity index (χ1) is 9.17. The smallest absolute Gasteiger partial charge is 0.122 e. The van der Waals surface area contributed by atoms with Crippen LogP contribution in [-0.4, -0.2) is 16.9 Å². The molecule has 2 aromatic rings. The van der Waals surface area contributed by atoms with Gasteiger partial charge in [-0.05, 0) is 25.0 Å². The van der Waals surface area contributed by atoms with Crippen LogP contribution in [0, 0.1) is 6.92 Å². The van der Waals surface area contributed by atoms with Crippen molar-refractivity contribution in [2.75, 3.05) is 7.11 Å². The molecule has 0 aliphatic rings. The van der Waals surface area contributed by atoms with E-state index in [9.17, 15) is 0 Å². The maximum atomic E-state index is 5.69. The zero-order valence-corrected chi connectivity index (χ0v) is 11.6. The highest BCUT2D eigenvalue weighted by Crippen LogP contribution is 2.25. The fourth-order valence-electron chi connectivity index (χ4n) is 2.21. The van der Waals surface area contributed by atoms with Gasteiger partial charge in [-0.15, -0.1) is 0 Å². The maximum absolute atomic E-state index is 5.69. The molecule has 5 nitrogen and oxygen atoms in total. The number of ether oxygens (including phenoxy) is 1. The van der Waals surface area contributed by atoms with Gasteiger partial charge in [0.05, 0.1) is 19.3 Å². The van der Waals surface area contributed by atoms with Gasteiger partial charge in [-0.1, -0.05) is 18.2 Å². The summed E-state index contributed by atoms with van der Waals surface area (Å²) in [6.07, 6.45) is 2.61. The molecule has 19 heavy (non-hydrogen) atoms. The highest BCUT2D eigenvalue weighted by Gasteiger charge is 2.17. The number of nitrogens with one attached hydrogen (secondary N) is 1. The molecule has 1 aromatic carbocycles. The van der Waals surface area contributed by atoms with Crippen LogP contribution in [0.25, 0.3) is 0 Å². The number of rotatable bonds is 5. The molecule has 1 atom stereocenters. The Balaban J connectivity index is 2.26. The molecule has 0 aliphatic heterocycles. The Hall–Kier alpha value is -1.85. The number of nitrogens with two attached hydrogens (primary N) is 1. The Morgan fingerprint density at radius 2 is 2.16 bits per heavy atom. The van der Waals surface area contributed by atoms with Gasteiger partial charge in [0.25, 0.3) is 0 Å². The van der Waals surface area contributed by atoms with Gasteiger partial charge < -0.3 is 4.74 Å². The average molecular weight is 260 g/mol. The third-order valence-electron chi connectivity index (χ3n) is 3.47. The number of methoxy groups -OCH3 is 1. The number of benzene rings is 1. The standard InChI is InChI=1S/C14H20N4O/c1-10-12(9-16-18(10)2)13(17-15)8-11-6-4-5-7-14(11)19-3/h4-7,9,13,17H,8,15H2,1-3H3. The first kappa shape index (κ1) is 13.6. The normalized spacial score (nSPS) is 12.4. The topological polar surface area (TPSA) is 65.1 Å². The molecular weight excluding hydrogens is 240 g/mol. The van der Waals surface area contributed by atoms with Crippen molar-refractivity contribution in [1.29, 1.82) is 0 Å². The van der Waals surface area contributed by atoms with E-state index in [1.165, 1.54) is 0 Å². The quantitative estimate of drug-likeness (QED) is 0.631. The number of aryl methyl sites for hydroxylation is 1. The molecule has 0 fully saturated rings. The van der Waals surface area contributed by atoms with Crippen LogP contribution in [0.3, 0.4) is 0 Å². The molecule has 0 radical (unpaired) electrons. The van der Waals surface area contributed by atoms with E-state index < -0.39 is 0 Å². The minimum atomic E-state index is 0.0185. The van der Waals surface area contributed by atoms with E-state index in [-0.39, 0.29) is 6.04 Å². The van der Waals surface area contributed by atoms with Crippen molar-refractivity contribution in [3.63, 3.8) is 0 Å². The van der Waals surface area contributed by atoms with Gasteiger partial charge in [-0.25, -0.2) is 0 Å². The summed E-state index contributed by atoms with van der Waals surface area (Å²) >= 11 is 0. The highest BCUT2D eigenvalue weighted by molar-refractivity contribution is 5.35. The predicted molar refractivity (Wildman–Crippen MR) is 74.7 cm³/mol. The van der Waals surface area contributed by atoms with Gasteiger partial charge >= 0.3 is 0 Å². The van der Waals surface area contributed by atoms with Crippen molar-refractivity contribution < 1.29 is 4.74 Å². The van der Waals surface area contributed by atoms with E-state index in [2.05, 4.69) is 16.6 Å². The lowest BCUT2D eigenvalue weighted by Crippen LogP contribution is -2.30. The molecular formula is C14H20N4O. The maximum Gasteiger partial charge on any atom is 0.122 e. The molecule has 0 spiro atoms. The van der Waals surface area contributed by atoms with Gasteiger partial charge in [-0.2, -0.15) is 5.10 Å². The van der Waals surface area contributed by atoms with E-state index in [1.54, 1.807) is 7.11 Å². The second-order valence-electron chi connectivity index (χ2n) is 4.54. The molecule has 102 valence electrons. The molecule has 3 N–H and O–H groups in total. The van der Waals surface area contributed by atoms with Crippen LogP contribution in [0.5, 0.6) is 5.75 Å². The Morgan fingerprint density at radius 1 is 1.42 bits per heavy atom.